The first-order chi connectivity index (χ1) is 13.0. The normalized spacial score (nSPS) is 11.3. The molecule has 27 heavy (non-hydrogen) atoms. The largest absolute Gasteiger partial charge is 0.497 e. The fourth-order valence-corrected chi connectivity index (χ4v) is 2.59. The Bertz CT molecular complexity index is 1000. The number of amides is 1. The van der Waals surface area contributed by atoms with Gasteiger partial charge in [-0.15, -0.1) is 0 Å². The highest BCUT2D eigenvalue weighted by Crippen LogP contribution is 2.21. The zero-order valence-electron chi connectivity index (χ0n) is 15.8. The van der Waals surface area contributed by atoms with Crippen LogP contribution in [0.15, 0.2) is 53.6 Å². The second kappa shape index (κ2) is 7.86. The molecule has 138 valence electrons. The number of rotatable bonds is 5. The number of aromatic amines is 1. The standard InChI is InChI=1S/C21H22N4O2/c1-13-8-9-17(10-14(13)2)19-12-20(24-23-19)21(26)25-22-15(3)16-6-5-7-18(11-16)27-4/h5-12H,1-4H3,(H,23,24)(H,25,26). The molecule has 2 aromatic carbocycles. The number of H-pyrrole nitrogens is 1. The van der Waals surface area contributed by atoms with E-state index >= 15 is 0 Å². The van der Waals surface area contributed by atoms with Gasteiger partial charge in [-0.05, 0) is 56.2 Å². The molecule has 0 aliphatic carbocycles. The zero-order valence-corrected chi connectivity index (χ0v) is 15.8. The van der Waals surface area contributed by atoms with Crippen LogP contribution in [-0.2, 0) is 0 Å². The number of carbonyl (C=O) groups excluding carboxylic acids is 1. The molecule has 0 saturated heterocycles. The number of hydrazone groups is 1. The van der Waals surface area contributed by atoms with Crippen LogP contribution >= 0.6 is 0 Å². The molecule has 0 atom stereocenters. The number of nitrogens with zero attached hydrogens (tertiary/aromatic N) is 2. The summed E-state index contributed by atoms with van der Waals surface area (Å²) in [4.78, 5) is 12.4. The van der Waals surface area contributed by atoms with Crippen LogP contribution in [0.2, 0.25) is 0 Å². The van der Waals surface area contributed by atoms with E-state index in [-0.39, 0.29) is 5.91 Å². The highest BCUT2D eigenvalue weighted by atomic mass is 16.5. The van der Waals surface area contributed by atoms with Crippen LogP contribution in [0.25, 0.3) is 11.3 Å². The van der Waals surface area contributed by atoms with E-state index < -0.39 is 0 Å². The van der Waals surface area contributed by atoms with Crippen LogP contribution in [0.1, 0.15) is 34.1 Å². The monoisotopic (exact) mass is 362 g/mol. The number of aryl methyl sites for hydroxylation is 2. The molecule has 6 heteroatoms. The van der Waals surface area contributed by atoms with E-state index in [0.29, 0.717) is 11.4 Å². The van der Waals surface area contributed by atoms with Gasteiger partial charge in [0.05, 0.1) is 18.5 Å². The Morgan fingerprint density at radius 1 is 1.11 bits per heavy atom. The number of methoxy groups -OCH3 is 1. The average molecular weight is 362 g/mol. The van der Waals surface area contributed by atoms with Gasteiger partial charge in [-0.3, -0.25) is 9.89 Å². The quantitative estimate of drug-likeness (QED) is 0.534. The average Bonchev–Trinajstić information content (AvgIpc) is 3.18. The molecule has 6 nitrogen and oxygen atoms in total. The lowest BCUT2D eigenvalue weighted by atomic mass is 10.0. The van der Waals surface area contributed by atoms with E-state index in [4.69, 9.17) is 4.74 Å². The fourth-order valence-electron chi connectivity index (χ4n) is 2.59. The highest BCUT2D eigenvalue weighted by Gasteiger charge is 2.11. The number of benzene rings is 2. The van der Waals surface area contributed by atoms with E-state index in [1.807, 2.05) is 43.3 Å². The Morgan fingerprint density at radius 2 is 1.93 bits per heavy atom. The van der Waals surface area contributed by atoms with Crippen LogP contribution in [-0.4, -0.2) is 28.9 Å². The second-order valence-corrected chi connectivity index (χ2v) is 6.34. The molecule has 0 aliphatic heterocycles. The first kappa shape index (κ1) is 18.4. The SMILES string of the molecule is COc1cccc(C(C)=NNC(=O)c2cc(-c3ccc(C)c(C)c3)n[nH]2)c1. The van der Waals surface area contributed by atoms with Gasteiger partial charge in [0.1, 0.15) is 11.4 Å². The maximum atomic E-state index is 12.4. The van der Waals surface area contributed by atoms with E-state index in [1.54, 1.807) is 13.2 Å². The van der Waals surface area contributed by atoms with E-state index in [0.717, 1.165) is 22.6 Å². The molecule has 0 spiro atoms. The van der Waals surface area contributed by atoms with Crippen LogP contribution < -0.4 is 10.2 Å². The second-order valence-electron chi connectivity index (χ2n) is 6.34. The van der Waals surface area contributed by atoms with Crippen LogP contribution in [0, 0.1) is 13.8 Å². The number of hydrogen-bond donors (Lipinski definition) is 2. The van der Waals surface area contributed by atoms with Crippen molar-refractivity contribution in [2.24, 2.45) is 5.10 Å². The molecule has 0 radical (unpaired) electrons. The number of hydrogen-bond acceptors (Lipinski definition) is 4. The van der Waals surface area contributed by atoms with E-state index in [2.05, 4.69) is 40.6 Å². The first-order valence-corrected chi connectivity index (χ1v) is 8.60. The van der Waals surface area contributed by atoms with Crippen molar-refractivity contribution in [3.63, 3.8) is 0 Å². The summed E-state index contributed by atoms with van der Waals surface area (Å²) in [6.07, 6.45) is 0. The van der Waals surface area contributed by atoms with Gasteiger partial charge in [-0.1, -0.05) is 24.3 Å². The summed E-state index contributed by atoms with van der Waals surface area (Å²) in [5.41, 5.74) is 8.54. The lowest BCUT2D eigenvalue weighted by Gasteiger charge is -2.04. The Labute approximate surface area is 158 Å². The summed E-state index contributed by atoms with van der Waals surface area (Å²) in [7, 11) is 1.61. The summed E-state index contributed by atoms with van der Waals surface area (Å²) in [6, 6.07) is 15.3. The van der Waals surface area contributed by atoms with Gasteiger partial charge in [0.25, 0.3) is 5.91 Å². The molecule has 3 rings (SSSR count). The molecule has 0 fully saturated rings. The van der Waals surface area contributed by atoms with Gasteiger partial charge in [0.15, 0.2) is 0 Å². The summed E-state index contributed by atoms with van der Waals surface area (Å²) in [5, 5.41) is 11.2. The Balaban J connectivity index is 1.73. The molecular weight excluding hydrogens is 340 g/mol. The molecule has 1 heterocycles. The number of ether oxygens (including phenoxy) is 1. The lowest BCUT2D eigenvalue weighted by Crippen LogP contribution is -2.19. The summed E-state index contributed by atoms with van der Waals surface area (Å²) in [6.45, 7) is 5.93. The summed E-state index contributed by atoms with van der Waals surface area (Å²) in [5.74, 6) is 0.389. The van der Waals surface area contributed by atoms with Crippen molar-refractivity contribution in [3.8, 4) is 17.0 Å². The minimum Gasteiger partial charge on any atom is -0.497 e. The van der Waals surface area contributed by atoms with Crippen LogP contribution in [0.3, 0.4) is 0 Å². The maximum absolute atomic E-state index is 12.4. The predicted octanol–water partition coefficient (Wildman–Crippen LogP) is 3.86. The van der Waals surface area contributed by atoms with Crippen molar-refractivity contribution in [2.75, 3.05) is 7.11 Å². The van der Waals surface area contributed by atoms with Crippen molar-refractivity contribution in [2.45, 2.75) is 20.8 Å². The van der Waals surface area contributed by atoms with Crippen molar-refractivity contribution in [1.29, 1.82) is 0 Å². The first-order valence-electron chi connectivity index (χ1n) is 8.60. The number of aromatic nitrogens is 2. The van der Waals surface area contributed by atoms with Crippen molar-refractivity contribution in [1.82, 2.24) is 15.6 Å². The number of carbonyl (C=O) groups is 1. The molecule has 1 aromatic heterocycles. The third-order valence-corrected chi connectivity index (χ3v) is 4.44. The van der Waals surface area contributed by atoms with Gasteiger partial charge in [0.2, 0.25) is 0 Å². The lowest BCUT2D eigenvalue weighted by molar-refractivity contribution is 0.0950. The van der Waals surface area contributed by atoms with Crippen LogP contribution in [0.5, 0.6) is 5.75 Å². The minimum absolute atomic E-state index is 0.347. The molecule has 0 bridgehead atoms. The van der Waals surface area contributed by atoms with Gasteiger partial charge in [-0.2, -0.15) is 10.2 Å². The molecule has 3 aromatic rings. The third-order valence-electron chi connectivity index (χ3n) is 4.44. The molecule has 0 unspecified atom stereocenters. The molecule has 0 aliphatic rings. The van der Waals surface area contributed by atoms with Crippen molar-refractivity contribution >= 4 is 11.6 Å². The summed E-state index contributed by atoms with van der Waals surface area (Å²) >= 11 is 0. The van der Waals surface area contributed by atoms with Crippen molar-refractivity contribution < 1.29 is 9.53 Å². The Morgan fingerprint density at radius 3 is 2.67 bits per heavy atom. The Hall–Kier alpha value is -3.41. The zero-order chi connectivity index (χ0) is 19.4. The highest BCUT2D eigenvalue weighted by molar-refractivity contribution is 6.00. The topological polar surface area (TPSA) is 79.4 Å². The fraction of sp³-hybridized carbons (Fsp3) is 0.190. The number of nitrogens with one attached hydrogen (secondary N) is 2. The summed E-state index contributed by atoms with van der Waals surface area (Å²) < 4.78 is 5.20. The van der Waals surface area contributed by atoms with Gasteiger partial charge < -0.3 is 4.74 Å². The van der Waals surface area contributed by atoms with E-state index in [1.165, 1.54) is 11.1 Å². The van der Waals surface area contributed by atoms with Crippen LogP contribution in [0.4, 0.5) is 0 Å². The van der Waals surface area contributed by atoms with Crippen molar-refractivity contribution in [3.05, 3.63) is 70.9 Å². The van der Waals surface area contributed by atoms with E-state index in [9.17, 15) is 4.79 Å². The van der Waals surface area contributed by atoms with Gasteiger partial charge in [-0.25, -0.2) is 5.43 Å². The Kier molecular flexibility index (Phi) is 5.35. The molecule has 1 amide bonds. The maximum Gasteiger partial charge on any atom is 0.289 e. The van der Waals surface area contributed by atoms with Gasteiger partial charge in [0, 0.05) is 11.1 Å². The smallest absolute Gasteiger partial charge is 0.289 e. The van der Waals surface area contributed by atoms with Gasteiger partial charge >= 0.3 is 0 Å². The predicted molar refractivity (Wildman–Crippen MR) is 106 cm³/mol. The molecule has 2 N–H and O–H groups in total. The minimum atomic E-state index is -0.347. The molecule has 0 saturated carbocycles. The third kappa shape index (κ3) is 4.23. The molecular formula is C21H22N4O2.